The van der Waals surface area contributed by atoms with E-state index in [-0.39, 0.29) is 21.7 Å². The van der Waals surface area contributed by atoms with Gasteiger partial charge in [-0.15, -0.1) is 0 Å². The Bertz CT molecular complexity index is 500. The molecular formula is C15H20F2N2S. The lowest BCUT2D eigenvalue weighted by molar-refractivity contribution is 0.237. The smallest absolute Gasteiger partial charge is 0.150 e. The highest BCUT2D eigenvalue weighted by atomic mass is 32.1. The Morgan fingerprint density at radius 1 is 1.30 bits per heavy atom. The first-order valence-corrected chi connectivity index (χ1v) is 7.31. The molecule has 20 heavy (non-hydrogen) atoms. The number of nitrogens with zero attached hydrogens (tertiary/aromatic N) is 1. The van der Waals surface area contributed by atoms with E-state index < -0.39 is 11.6 Å². The molecule has 2 rings (SSSR count). The lowest BCUT2D eigenvalue weighted by Gasteiger charge is -2.40. The Morgan fingerprint density at radius 2 is 1.80 bits per heavy atom. The number of hydrogen-bond donors (Lipinski definition) is 1. The van der Waals surface area contributed by atoms with Crippen LogP contribution in [0.2, 0.25) is 0 Å². The van der Waals surface area contributed by atoms with E-state index in [9.17, 15) is 8.78 Å². The molecule has 1 aromatic rings. The van der Waals surface area contributed by atoms with Gasteiger partial charge in [0.1, 0.15) is 22.3 Å². The molecule has 0 aliphatic carbocycles. The Kier molecular flexibility index (Phi) is 4.28. The van der Waals surface area contributed by atoms with E-state index in [1.54, 1.807) is 4.90 Å². The summed E-state index contributed by atoms with van der Waals surface area (Å²) in [5.74, 6) is -1.18. The van der Waals surface area contributed by atoms with Gasteiger partial charge in [0.05, 0.1) is 0 Å². The van der Waals surface area contributed by atoms with E-state index in [2.05, 4.69) is 13.8 Å². The molecule has 5 heteroatoms. The normalized spacial score (nSPS) is 18.1. The van der Waals surface area contributed by atoms with Crippen molar-refractivity contribution in [2.24, 2.45) is 11.1 Å². The van der Waals surface area contributed by atoms with Gasteiger partial charge in [0.15, 0.2) is 0 Å². The fraction of sp³-hybridized carbons (Fsp3) is 0.533. The molecule has 110 valence electrons. The van der Waals surface area contributed by atoms with Gasteiger partial charge in [-0.2, -0.15) is 0 Å². The predicted molar refractivity (Wildman–Crippen MR) is 82.1 cm³/mol. The van der Waals surface area contributed by atoms with Crippen LogP contribution in [0.5, 0.6) is 0 Å². The largest absolute Gasteiger partial charge is 0.389 e. The van der Waals surface area contributed by atoms with Gasteiger partial charge >= 0.3 is 0 Å². The maximum Gasteiger partial charge on any atom is 0.150 e. The summed E-state index contributed by atoms with van der Waals surface area (Å²) in [6, 6.07) is 2.43. The highest BCUT2D eigenvalue weighted by molar-refractivity contribution is 7.80. The van der Waals surface area contributed by atoms with Crippen LogP contribution >= 0.6 is 12.2 Å². The second kappa shape index (κ2) is 5.64. The van der Waals surface area contributed by atoms with Crippen molar-refractivity contribution in [1.82, 2.24) is 0 Å². The number of benzene rings is 1. The Balaban J connectivity index is 2.24. The van der Waals surface area contributed by atoms with E-state index in [1.165, 1.54) is 12.1 Å². The van der Waals surface area contributed by atoms with Crippen LogP contribution in [0.15, 0.2) is 12.1 Å². The average Bonchev–Trinajstić information content (AvgIpc) is 2.40. The first-order chi connectivity index (χ1) is 9.36. The van der Waals surface area contributed by atoms with Crippen LogP contribution in [0.1, 0.15) is 38.7 Å². The number of hydrogen-bond acceptors (Lipinski definition) is 2. The second-order valence-corrected chi connectivity index (χ2v) is 6.24. The maximum absolute atomic E-state index is 14.1. The molecule has 1 aromatic carbocycles. The molecule has 1 saturated heterocycles. The van der Waals surface area contributed by atoms with Crippen molar-refractivity contribution in [1.29, 1.82) is 0 Å². The second-order valence-electron chi connectivity index (χ2n) is 5.80. The predicted octanol–water partition coefficient (Wildman–Crippen LogP) is 3.62. The van der Waals surface area contributed by atoms with Crippen molar-refractivity contribution in [2.45, 2.75) is 33.1 Å². The Morgan fingerprint density at radius 3 is 2.20 bits per heavy atom. The van der Waals surface area contributed by atoms with E-state index in [1.807, 2.05) is 0 Å². The molecule has 1 aliphatic heterocycles. The minimum atomic E-state index is -0.590. The van der Waals surface area contributed by atoms with Gasteiger partial charge in [0, 0.05) is 18.7 Å². The molecule has 1 aliphatic rings. The molecule has 0 bridgehead atoms. The van der Waals surface area contributed by atoms with Crippen LogP contribution in [-0.2, 0) is 0 Å². The van der Waals surface area contributed by atoms with E-state index >= 15 is 0 Å². The number of thiocarbonyl (C=S) groups is 1. The zero-order valence-electron chi connectivity index (χ0n) is 11.9. The fourth-order valence-electron chi connectivity index (χ4n) is 2.63. The molecule has 1 heterocycles. The molecule has 0 unspecified atom stereocenters. The lowest BCUT2D eigenvalue weighted by Crippen LogP contribution is -2.39. The van der Waals surface area contributed by atoms with Gasteiger partial charge in [0.2, 0.25) is 0 Å². The minimum absolute atomic E-state index is 0.00607. The van der Waals surface area contributed by atoms with Crippen LogP contribution < -0.4 is 10.6 Å². The minimum Gasteiger partial charge on any atom is -0.389 e. The summed E-state index contributed by atoms with van der Waals surface area (Å²) in [7, 11) is 0. The van der Waals surface area contributed by atoms with Crippen molar-refractivity contribution in [3.63, 3.8) is 0 Å². The van der Waals surface area contributed by atoms with Crippen molar-refractivity contribution in [2.75, 3.05) is 18.0 Å². The van der Waals surface area contributed by atoms with Crippen LogP contribution in [0.25, 0.3) is 0 Å². The number of rotatable bonds is 3. The zero-order chi connectivity index (χ0) is 14.9. The molecule has 2 nitrogen and oxygen atoms in total. The molecule has 0 saturated carbocycles. The third kappa shape index (κ3) is 2.92. The molecule has 0 spiro atoms. The van der Waals surface area contributed by atoms with Crippen LogP contribution in [0.4, 0.5) is 14.5 Å². The molecule has 1 fully saturated rings. The molecule has 0 radical (unpaired) electrons. The third-order valence-electron chi connectivity index (χ3n) is 4.44. The molecule has 0 aromatic heterocycles. The van der Waals surface area contributed by atoms with Crippen molar-refractivity contribution >= 4 is 22.9 Å². The number of nitrogens with two attached hydrogens (primary N) is 1. The number of anilines is 1. The average molecular weight is 298 g/mol. The van der Waals surface area contributed by atoms with Crippen molar-refractivity contribution < 1.29 is 8.78 Å². The zero-order valence-corrected chi connectivity index (χ0v) is 12.7. The summed E-state index contributed by atoms with van der Waals surface area (Å²) >= 11 is 4.76. The molecule has 0 atom stereocenters. The topological polar surface area (TPSA) is 29.3 Å². The highest BCUT2D eigenvalue weighted by Gasteiger charge is 2.30. The maximum atomic E-state index is 14.1. The van der Waals surface area contributed by atoms with Gasteiger partial charge in [-0.25, -0.2) is 8.78 Å². The van der Waals surface area contributed by atoms with Crippen molar-refractivity contribution in [3.05, 3.63) is 29.3 Å². The number of piperidine rings is 1. The first-order valence-electron chi connectivity index (χ1n) is 6.90. The SMILES string of the molecule is CCC1(C)CCN(c2c(F)cc(C(N)=S)cc2F)CC1. The van der Waals surface area contributed by atoms with Gasteiger partial charge < -0.3 is 10.6 Å². The molecule has 0 amide bonds. The van der Waals surface area contributed by atoms with Gasteiger partial charge in [-0.1, -0.05) is 32.5 Å². The lowest BCUT2D eigenvalue weighted by atomic mass is 9.78. The summed E-state index contributed by atoms with van der Waals surface area (Å²) in [5.41, 5.74) is 5.97. The fourth-order valence-corrected chi connectivity index (χ4v) is 2.75. The van der Waals surface area contributed by atoms with Gasteiger partial charge in [-0.05, 0) is 30.4 Å². The van der Waals surface area contributed by atoms with Gasteiger partial charge in [0.25, 0.3) is 0 Å². The molecule has 2 N–H and O–H groups in total. The molecular weight excluding hydrogens is 278 g/mol. The number of halogens is 2. The Labute approximate surface area is 123 Å². The van der Waals surface area contributed by atoms with E-state index in [0.29, 0.717) is 13.1 Å². The summed E-state index contributed by atoms with van der Waals surface area (Å²) in [5, 5.41) is 0. The van der Waals surface area contributed by atoms with Crippen LogP contribution in [-0.4, -0.2) is 18.1 Å². The summed E-state index contributed by atoms with van der Waals surface area (Å²) < 4.78 is 28.3. The van der Waals surface area contributed by atoms with Crippen molar-refractivity contribution in [3.8, 4) is 0 Å². The summed E-state index contributed by atoms with van der Waals surface area (Å²) in [4.78, 5) is 1.79. The highest BCUT2D eigenvalue weighted by Crippen LogP contribution is 2.37. The van der Waals surface area contributed by atoms with E-state index in [0.717, 1.165) is 19.3 Å². The van der Waals surface area contributed by atoms with E-state index in [4.69, 9.17) is 18.0 Å². The quantitative estimate of drug-likeness (QED) is 0.864. The summed E-state index contributed by atoms with van der Waals surface area (Å²) in [6.45, 7) is 5.73. The first kappa shape index (κ1) is 15.2. The van der Waals surface area contributed by atoms with Gasteiger partial charge in [-0.3, -0.25) is 0 Å². The monoisotopic (exact) mass is 298 g/mol. The van der Waals surface area contributed by atoms with Crippen LogP contribution in [0, 0.1) is 17.0 Å². The third-order valence-corrected chi connectivity index (χ3v) is 4.68. The standard InChI is InChI=1S/C15H20F2N2S/c1-3-15(2)4-6-19(7-5-15)13-11(16)8-10(14(18)20)9-12(13)17/h8-9H,3-7H2,1-2H3,(H2,18,20). The Hall–Kier alpha value is -1.23. The summed E-state index contributed by atoms with van der Waals surface area (Å²) in [6.07, 6.45) is 2.98. The van der Waals surface area contributed by atoms with Crippen LogP contribution in [0.3, 0.4) is 0 Å².